The minimum absolute atomic E-state index is 0.0394. The minimum Gasteiger partial charge on any atom is -0.493 e. The van der Waals surface area contributed by atoms with Crippen LogP contribution in [0.1, 0.15) is 38.1 Å². The average Bonchev–Trinajstić information content (AvgIpc) is 2.74. The number of rotatable bonds is 7. The standard InChI is InChI=1S/C22H21Br2N3O5/c1-11(2)20-26-17-6-5-14(23)9-15(17)21(28)27(20)25-10-13-7-16(24)19(18(8-13)31-4)32-12(3)22(29)30/h5-12H,1-4H3,(H,29,30)/t12-/m0/s1. The number of nitrogens with zero attached hydrogens (tertiary/aromatic N) is 3. The summed E-state index contributed by atoms with van der Waals surface area (Å²) in [6.45, 7) is 5.30. The molecule has 32 heavy (non-hydrogen) atoms. The van der Waals surface area contributed by atoms with Crippen LogP contribution in [0.25, 0.3) is 10.9 Å². The topological polar surface area (TPSA) is 103 Å². The lowest BCUT2D eigenvalue weighted by molar-refractivity contribution is -0.144. The third-order valence-corrected chi connectivity index (χ3v) is 5.65. The Labute approximate surface area is 201 Å². The van der Waals surface area contributed by atoms with Gasteiger partial charge in [-0.25, -0.2) is 9.78 Å². The van der Waals surface area contributed by atoms with Crippen molar-refractivity contribution < 1.29 is 19.4 Å². The molecule has 1 N–H and O–H groups in total. The number of benzene rings is 2. The molecule has 1 atom stereocenters. The first-order chi connectivity index (χ1) is 15.1. The van der Waals surface area contributed by atoms with Crippen LogP contribution in [0.5, 0.6) is 11.5 Å². The fraction of sp³-hybridized carbons (Fsp3) is 0.273. The zero-order valence-corrected chi connectivity index (χ0v) is 21.0. The summed E-state index contributed by atoms with van der Waals surface area (Å²) in [7, 11) is 1.45. The summed E-state index contributed by atoms with van der Waals surface area (Å²) in [4.78, 5) is 28.9. The molecule has 0 spiro atoms. The van der Waals surface area contributed by atoms with Crippen molar-refractivity contribution in [1.29, 1.82) is 0 Å². The van der Waals surface area contributed by atoms with Crippen LogP contribution in [0.15, 0.2) is 49.2 Å². The fourth-order valence-electron chi connectivity index (χ4n) is 2.93. The Hall–Kier alpha value is -2.72. The second-order valence-corrected chi connectivity index (χ2v) is 9.05. The Balaban J connectivity index is 2.08. The molecule has 0 bridgehead atoms. The van der Waals surface area contributed by atoms with Gasteiger partial charge in [0.05, 0.1) is 28.7 Å². The normalized spacial score (nSPS) is 12.5. The highest BCUT2D eigenvalue weighted by atomic mass is 79.9. The number of carboxylic acid groups (broad SMARTS) is 1. The lowest BCUT2D eigenvalue weighted by atomic mass is 10.2. The van der Waals surface area contributed by atoms with E-state index < -0.39 is 12.1 Å². The van der Waals surface area contributed by atoms with Crippen LogP contribution in [0, 0.1) is 0 Å². The number of hydrogen-bond donors (Lipinski definition) is 1. The molecular formula is C22H21Br2N3O5. The van der Waals surface area contributed by atoms with Gasteiger partial charge in [-0.15, -0.1) is 0 Å². The molecule has 0 aliphatic heterocycles. The van der Waals surface area contributed by atoms with Crippen molar-refractivity contribution in [3.63, 3.8) is 0 Å². The van der Waals surface area contributed by atoms with Crippen LogP contribution in [0.4, 0.5) is 0 Å². The molecule has 0 radical (unpaired) electrons. The number of aliphatic carboxylic acids is 1. The number of ether oxygens (including phenoxy) is 2. The minimum atomic E-state index is -1.10. The highest BCUT2D eigenvalue weighted by Gasteiger charge is 2.19. The molecule has 1 aromatic heterocycles. The van der Waals surface area contributed by atoms with E-state index in [2.05, 4.69) is 41.9 Å². The molecule has 0 aliphatic carbocycles. The number of hydrogen-bond acceptors (Lipinski definition) is 6. The second-order valence-electron chi connectivity index (χ2n) is 7.28. The summed E-state index contributed by atoms with van der Waals surface area (Å²) >= 11 is 6.78. The number of methoxy groups -OCH3 is 1. The molecule has 3 aromatic rings. The van der Waals surface area contributed by atoms with Crippen molar-refractivity contribution in [3.8, 4) is 11.5 Å². The van der Waals surface area contributed by atoms with Gasteiger partial charge in [-0.3, -0.25) is 4.79 Å². The smallest absolute Gasteiger partial charge is 0.344 e. The van der Waals surface area contributed by atoms with E-state index in [1.54, 1.807) is 24.3 Å². The molecule has 2 aromatic carbocycles. The highest BCUT2D eigenvalue weighted by molar-refractivity contribution is 9.10. The summed E-state index contributed by atoms with van der Waals surface area (Å²) < 4.78 is 13.4. The lowest BCUT2D eigenvalue weighted by Crippen LogP contribution is -2.23. The van der Waals surface area contributed by atoms with Crippen molar-refractivity contribution in [3.05, 3.63) is 61.0 Å². The van der Waals surface area contributed by atoms with E-state index in [1.165, 1.54) is 24.9 Å². The third-order valence-electron chi connectivity index (χ3n) is 4.57. The largest absolute Gasteiger partial charge is 0.493 e. The second kappa shape index (κ2) is 9.83. The van der Waals surface area contributed by atoms with Crippen molar-refractivity contribution in [2.45, 2.75) is 32.8 Å². The molecule has 8 nitrogen and oxygen atoms in total. The van der Waals surface area contributed by atoms with Crippen LogP contribution >= 0.6 is 31.9 Å². The number of fused-ring (bicyclic) bond motifs is 1. The molecule has 1 heterocycles. The Kier molecular flexibility index (Phi) is 7.35. The van der Waals surface area contributed by atoms with Gasteiger partial charge >= 0.3 is 5.97 Å². The van der Waals surface area contributed by atoms with Crippen LogP contribution < -0.4 is 15.0 Å². The van der Waals surface area contributed by atoms with Gasteiger partial charge in [0.1, 0.15) is 5.82 Å². The van der Waals surface area contributed by atoms with Crippen molar-refractivity contribution in [1.82, 2.24) is 9.66 Å². The maximum Gasteiger partial charge on any atom is 0.344 e. The summed E-state index contributed by atoms with van der Waals surface area (Å²) in [5, 5.41) is 14.0. The van der Waals surface area contributed by atoms with E-state index in [1.807, 2.05) is 19.9 Å². The maximum atomic E-state index is 13.1. The first-order valence-electron chi connectivity index (χ1n) is 9.66. The van der Waals surface area contributed by atoms with Crippen LogP contribution in [-0.4, -0.2) is 40.2 Å². The van der Waals surface area contributed by atoms with E-state index in [4.69, 9.17) is 14.6 Å². The zero-order chi connectivity index (χ0) is 23.6. The van der Waals surface area contributed by atoms with Crippen LogP contribution in [0.2, 0.25) is 0 Å². The average molecular weight is 567 g/mol. The Morgan fingerprint density at radius 1 is 1.22 bits per heavy atom. The first-order valence-corrected chi connectivity index (χ1v) is 11.2. The molecule has 168 valence electrons. The van der Waals surface area contributed by atoms with Crippen molar-refractivity contribution in [2.75, 3.05) is 7.11 Å². The summed E-state index contributed by atoms with van der Waals surface area (Å²) in [6.07, 6.45) is 0.450. The molecule has 0 aliphatic rings. The van der Waals surface area contributed by atoms with E-state index in [-0.39, 0.29) is 17.2 Å². The molecule has 0 fully saturated rings. The van der Waals surface area contributed by atoms with Gasteiger partial charge < -0.3 is 14.6 Å². The number of carboxylic acids is 1. The number of carbonyl (C=O) groups is 1. The summed E-state index contributed by atoms with van der Waals surface area (Å²) in [5.74, 6) is -0.0202. The lowest BCUT2D eigenvalue weighted by Gasteiger charge is -2.16. The van der Waals surface area contributed by atoms with E-state index in [0.29, 0.717) is 32.5 Å². The molecule has 0 unspecified atom stereocenters. The first kappa shape index (κ1) is 23.9. The van der Waals surface area contributed by atoms with Crippen LogP contribution in [0.3, 0.4) is 0 Å². The van der Waals surface area contributed by atoms with Crippen molar-refractivity contribution >= 4 is 54.9 Å². The summed E-state index contributed by atoms with van der Waals surface area (Å²) in [6, 6.07) is 8.69. The summed E-state index contributed by atoms with van der Waals surface area (Å²) in [5.41, 5.74) is 0.935. The van der Waals surface area contributed by atoms with Gasteiger partial charge in [-0.05, 0) is 58.7 Å². The molecule has 0 amide bonds. The van der Waals surface area contributed by atoms with Gasteiger partial charge in [0.2, 0.25) is 0 Å². The predicted octanol–water partition coefficient (Wildman–Crippen LogP) is 4.79. The van der Waals surface area contributed by atoms with E-state index in [0.717, 1.165) is 4.47 Å². The zero-order valence-electron chi connectivity index (χ0n) is 17.8. The Morgan fingerprint density at radius 3 is 2.56 bits per heavy atom. The number of aromatic nitrogens is 2. The molecule has 0 saturated heterocycles. The number of halogens is 2. The van der Waals surface area contributed by atoms with Crippen molar-refractivity contribution in [2.24, 2.45) is 5.10 Å². The van der Waals surface area contributed by atoms with Crippen LogP contribution in [-0.2, 0) is 4.79 Å². The maximum absolute atomic E-state index is 13.1. The van der Waals surface area contributed by atoms with E-state index in [9.17, 15) is 9.59 Å². The highest BCUT2D eigenvalue weighted by Crippen LogP contribution is 2.37. The fourth-order valence-corrected chi connectivity index (χ4v) is 3.85. The molecular weight excluding hydrogens is 546 g/mol. The van der Waals surface area contributed by atoms with Gasteiger partial charge in [0.25, 0.3) is 5.56 Å². The SMILES string of the molecule is COc1cc(C=Nn2c(C(C)C)nc3ccc(Br)cc3c2=O)cc(Br)c1O[C@@H](C)C(=O)O. The Morgan fingerprint density at radius 2 is 1.94 bits per heavy atom. The van der Waals surface area contributed by atoms with Gasteiger partial charge in [-0.2, -0.15) is 9.78 Å². The molecule has 0 saturated carbocycles. The molecule has 10 heteroatoms. The quantitative estimate of drug-likeness (QED) is 0.412. The van der Waals surface area contributed by atoms with E-state index >= 15 is 0 Å². The van der Waals surface area contributed by atoms with Gasteiger partial charge in [0.15, 0.2) is 17.6 Å². The predicted molar refractivity (Wildman–Crippen MR) is 129 cm³/mol. The van der Waals surface area contributed by atoms with Gasteiger partial charge in [-0.1, -0.05) is 29.8 Å². The monoisotopic (exact) mass is 565 g/mol. The third kappa shape index (κ3) is 5.02. The van der Waals surface area contributed by atoms with Gasteiger partial charge in [0, 0.05) is 10.4 Å². The molecule has 3 rings (SSSR count). The Bertz CT molecular complexity index is 1270.